The van der Waals surface area contributed by atoms with Crippen molar-refractivity contribution in [3.05, 3.63) is 0 Å². The molecule has 0 aromatic carbocycles. The van der Waals surface area contributed by atoms with Gasteiger partial charge in [0.05, 0.1) is 6.10 Å². The Kier molecular flexibility index (Phi) is 3.70. The lowest BCUT2D eigenvalue weighted by Crippen LogP contribution is -2.34. The van der Waals surface area contributed by atoms with Crippen LogP contribution in [-0.2, 0) is 14.3 Å². The maximum Gasteiger partial charge on any atom is 0.229 e. The van der Waals surface area contributed by atoms with E-state index in [1.54, 1.807) is 0 Å². The predicted molar refractivity (Wildman–Crippen MR) is 45.8 cm³/mol. The normalized spacial score (nSPS) is 21.4. The van der Waals surface area contributed by atoms with E-state index in [0.717, 1.165) is 19.4 Å². The Morgan fingerprint density at radius 1 is 1.54 bits per heavy atom. The molecule has 1 aliphatic heterocycles. The quantitative estimate of drug-likeness (QED) is 0.561. The van der Waals surface area contributed by atoms with Gasteiger partial charge in [0.2, 0.25) is 11.8 Å². The molecular weight excluding hydrogens is 172 g/mol. The van der Waals surface area contributed by atoms with E-state index in [9.17, 15) is 9.59 Å². The minimum Gasteiger partial charge on any atom is -0.376 e. The van der Waals surface area contributed by atoms with Gasteiger partial charge in [0.15, 0.2) is 0 Å². The lowest BCUT2D eigenvalue weighted by atomic mass is 10.2. The van der Waals surface area contributed by atoms with Crippen LogP contribution in [-0.4, -0.2) is 31.1 Å². The van der Waals surface area contributed by atoms with Crippen LogP contribution in [0.4, 0.5) is 0 Å². The number of carbonyl (C=O) groups is 2. The third-order valence-corrected chi connectivity index (χ3v) is 1.89. The van der Waals surface area contributed by atoms with Crippen molar-refractivity contribution in [3.8, 4) is 0 Å². The summed E-state index contributed by atoms with van der Waals surface area (Å²) < 4.78 is 5.28. The monoisotopic (exact) mass is 186 g/mol. The summed E-state index contributed by atoms with van der Waals surface area (Å²) in [6.45, 7) is 1.24. The Balaban J connectivity index is 2.10. The third-order valence-electron chi connectivity index (χ3n) is 1.89. The molecule has 0 spiro atoms. The summed E-state index contributed by atoms with van der Waals surface area (Å²) in [6, 6.07) is 0. The smallest absolute Gasteiger partial charge is 0.229 e. The van der Waals surface area contributed by atoms with Gasteiger partial charge < -0.3 is 15.8 Å². The molecular formula is C8H14N2O3. The number of primary amides is 1. The molecule has 0 aromatic heterocycles. The van der Waals surface area contributed by atoms with Crippen LogP contribution in [0.2, 0.25) is 0 Å². The molecule has 5 nitrogen and oxygen atoms in total. The van der Waals surface area contributed by atoms with Crippen molar-refractivity contribution in [1.82, 2.24) is 5.32 Å². The minimum absolute atomic E-state index is 0.108. The number of amides is 2. The number of hydrogen-bond acceptors (Lipinski definition) is 3. The summed E-state index contributed by atoms with van der Waals surface area (Å²) in [5.74, 6) is -0.937. The van der Waals surface area contributed by atoms with Crippen LogP contribution >= 0.6 is 0 Å². The zero-order chi connectivity index (χ0) is 9.68. The maximum atomic E-state index is 10.9. The average Bonchev–Trinajstić information content (AvgIpc) is 2.51. The molecule has 0 saturated carbocycles. The Morgan fingerprint density at radius 2 is 2.31 bits per heavy atom. The third kappa shape index (κ3) is 3.89. The number of carbonyl (C=O) groups excluding carboxylic acids is 2. The molecule has 1 saturated heterocycles. The topological polar surface area (TPSA) is 81.4 Å². The number of nitrogens with two attached hydrogens (primary N) is 1. The Labute approximate surface area is 76.6 Å². The standard InChI is InChI=1S/C8H14N2O3/c9-7(11)4-8(12)10-5-6-2-1-3-13-6/h6H,1-5H2,(H2,9,11)(H,10,12). The van der Waals surface area contributed by atoms with Gasteiger partial charge in [0, 0.05) is 13.2 Å². The van der Waals surface area contributed by atoms with E-state index in [2.05, 4.69) is 5.32 Å². The molecule has 74 valence electrons. The van der Waals surface area contributed by atoms with Gasteiger partial charge in [0.1, 0.15) is 6.42 Å². The lowest BCUT2D eigenvalue weighted by molar-refractivity contribution is -0.127. The largest absolute Gasteiger partial charge is 0.376 e. The van der Waals surface area contributed by atoms with Crippen LogP contribution in [0.5, 0.6) is 0 Å². The number of nitrogens with one attached hydrogen (secondary N) is 1. The summed E-state index contributed by atoms with van der Waals surface area (Å²) in [7, 11) is 0. The highest BCUT2D eigenvalue weighted by Gasteiger charge is 2.16. The molecule has 1 fully saturated rings. The summed E-state index contributed by atoms with van der Waals surface area (Å²) in [5, 5.41) is 2.59. The number of rotatable bonds is 4. The summed E-state index contributed by atoms with van der Waals surface area (Å²) in [6.07, 6.45) is 1.87. The van der Waals surface area contributed by atoms with Crippen LogP contribution in [0.1, 0.15) is 19.3 Å². The molecule has 1 rings (SSSR count). The van der Waals surface area contributed by atoms with E-state index in [-0.39, 0.29) is 18.4 Å². The van der Waals surface area contributed by atoms with Crippen LogP contribution in [0.3, 0.4) is 0 Å². The summed E-state index contributed by atoms with van der Waals surface area (Å²) >= 11 is 0. The predicted octanol–water partition coefficient (Wildman–Crippen LogP) is -0.843. The van der Waals surface area contributed by atoms with Crippen molar-refractivity contribution in [2.75, 3.05) is 13.2 Å². The van der Waals surface area contributed by atoms with Gasteiger partial charge in [-0.2, -0.15) is 0 Å². The highest BCUT2D eigenvalue weighted by Crippen LogP contribution is 2.10. The van der Waals surface area contributed by atoms with Gasteiger partial charge in [-0.15, -0.1) is 0 Å². The molecule has 13 heavy (non-hydrogen) atoms. The van der Waals surface area contributed by atoms with E-state index in [1.165, 1.54) is 0 Å². The fourth-order valence-electron chi connectivity index (χ4n) is 1.25. The van der Waals surface area contributed by atoms with Gasteiger partial charge in [-0.05, 0) is 12.8 Å². The molecule has 1 atom stereocenters. The first-order chi connectivity index (χ1) is 6.18. The summed E-state index contributed by atoms with van der Waals surface area (Å²) in [4.78, 5) is 21.3. The van der Waals surface area contributed by atoms with Crippen LogP contribution in [0.15, 0.2) is 0 Å². The first-order valence-corrected chi connectivity index (χ1v) is 4.35. The Hall–Kier alpha value is -1.10. The van der Waals surface area contributed by atoms with Crippen molar-refractivity contribution < 1.29 is 14.3 Å². The van der Waals surface area contributed by atoms with Gasteiger partial charge in [-0.1, -0.05) is 0 Å². The molecule has 1 heterocycles. The van der Waals surface area contributed by atoms with Crippen molar-refractivity contribution in [3.63, 3.8) is 0 Å². The molecule has 1 aliphatic rings. The van der Waals surface area contributed by atoms with Crippen molar-refractivity contribution in [1.29, 1.82) is 0 Å². The minimum atomic E-state index is -0.607. The molecule has 2 amide bonds. The first kappa shape index (κ1) is 9.98. The zero-order valence-corrected chi connectivity index (χ0v) is 7.41. The van der Waals surface area contributed by atoms with E-state index < -0.39 is 5.91 Å². The van der Waals surface area contributed by atoms with Crippen molar-refractivity contribution in [2.24, 2.45) is 5.73 Å². The average molecular weight is 186 g/mol. The highest BCUT2D eigenvalue weighted by atomic mass is 16.5. The van der Waals surface area contributed by atoms with E-state index in [0.29, 0.717) is 6.54 Å². The van der Waals surface area contributed by atoms with Crippen molar-refractivity contribution in [2.45, 2.75) is 25.4 Å². The fraction of sp³-hybridized carbons (Fsp3) is 0.750. The van der Waals surface area contributed by atoms with Gasteiger partial charge >= 0.3 is 0 Å². The SMILES string of the molecule is NC(=O)CC(=O)NCC1CCCO1. The van der Waals surface area contributed by atoms with Crippen LogP contribution in [0.25, 0.3) is 0 Å². The van der Waals surface area contributed by atoms with E-state index in [4.69, 9.17) is 10.5 Å². The number of hydrogen-bond donors (Lipinski definition) is 2. The highest BCUT2D eigenvalue weighted by molar-refractivity contribution is 5.95. The van der Waals surface area contributed by atoms with Crippen LogP contribution in [0, 0.1) is 0 Å². The fourth-order valence-corrected chi connectivity index (χ4v) is 1.25. The van der Waals surface area contributed by atoms with Gasteiger partial charge in [0.25, 0.3) is 0 Å². The zero-order valence-electron chi connectivity index (χ0n) is 7.41. The second-order valence-electron chi connectivity index (χ2n) is 3.08. The Morgan fingerprint density at radius 3 is 2.85 bits per heavy atom. The van der Waals surface area contributed by atoms with Crippen molar-refractivity contribution >= 4 is 11.8 Å². The first-order valence-electron chi connectivity index (χ1n) is 4.35. The second kappa shape index (κ2) is 4.81. The van der Waals surface area contributed by atoms with Gasteiger partial charge in [-0.25, -0.2) is 0 Å². The molecule has 0 aliphatic carbocycles. The maximum absolute atomic E-state index is 10.9. The lowest BCUT2D eigenvalue weighted by Gasteiger charge is -2.09. The van der Waals surface area contributed by atoms with Crippen LogP contribution < -0.4 is 11.1 Å². The number of ether oxygens (including phenoxy) is 1. The molecule has 0 aromatic rings. The molecule has 1 unspecified atom stereocenters. The second-order valence-corrected chi connectivity index (χ2v) is 3.08. The molecule has 5 heteroatoms. The van der Waals surface area contributed by atoms with E-state index >= 15 is 0 Å². The molecule has 3 N–H and O–H groups in total. The van der Waals surface area contributed by atoms with Gasteiger partial charge in [-0.3, -0.25) is 9.59 Å². The Bertz CT molecular complexity index is 200. The summed E-state index contributed by atoms with van der Waals surface area (Å²) in [5.41, 5.74) is 4.85. The molecule has 0 bridgehead atoms. The van der Waals surface area contributed by atoms with E-state index in [1.807, 2.05) is 0 Å². The molecule has 0 radical (unpaired) electrons.